The number of halogens is 2. The summed E-state index contributed by atoms with van der Waals surface area (Å²) in [7, 11) is 0. The maximum Gasteiger partial charge on any atom is 0.277 e. The van der Waals surface area contributed by atoms with Gasteiger partial charge in [0.25, 0.3) is 5.89 Å². The summed E-state index contributed by atoms with van der Waals surface area (Å²) in [5.41, 5.74) is 7.34. The molecule has 3 aromatic rings. The van der Waals surface area contributed by atoms with Crippen molar-refractivity contribution in [3.63, 3.8) is 0 Å². The highest BCUT2D eigenvalue weighted by atomic mass is 35.5. The lowest BCUT2D eigenvalue weighted by atomic mass is 9.99. The summed E-state index contributed by atoms with van der Waals surface area (Å²) in [5.74, 6) is 0.666. The summed E-state index contributed by atoms with van der Waals surface area (Å²) >= 11 is 1.45. The lowest BCUT2D eigenvalue weighted by Crippen LogP contribution is -2.34. The van der Waals surface area contributed by atoms with E-state index in [1.54, 1.807) is 12.1 Å². The average molecular weight is 367 g/mol. The van der Waals surface area contributed by atoms with Gasteiger partial charge in [0.2, 0.25) is 0 Å². The molecule has 1 aromatic carbocycles. The number of thiazole rings is 1. The van der Waals surface area contributed by atoms with Crippen LogP contribution in [0.25, 0.3) is 22.2 Å². The predicted molar refractivity (Wildman–Crippen MR) is 92.4 cm³/mol. The highest BCUT2D eigenvalue weighted by Crippen LogP contribution is 2.36. The Morgan fingerprint density at radius 3 is 2.54 bits per heavy atom. The molecule has 0 atom stereocenters. The molecule has 1 aliphatic rings. The Morgan fingerprint density at radius 1 is 1.12 bits per heavy atom. The third kappa shape index (κ3) is 3.07. The van der Waals surface area contributed by atoms with E-state index >= 15 is 0 Å². The minimum absolute atomic E-state index is 0. The fourth-order valence-corrected chi connectivity index (χ4v) is 3.66. The molecule has 4 rings (SSSR count). The van der Waals surface area contributed by atoms with E-state index < -0.39 is 5.54 Å². The minimum atomic E-state index is -0.475. The minimum Gasteiger partial charge on any atom is -0.332 e. The molecule has 2 aromatic heterocycles. The van der Waals surface area contributed by atoms with E-state index in [1.807, 2.05) is 5.38 Å². The molecule has 126 valence electrons. The van der Waals surface area contributed by atoms with Gasteiger partial charge < -0.3 is 10.3 Å². The summed E-state index contributed by atoms with van der Waals surface area (Å²) < 4.78 is 18.3. The molecule has 0 radical (unpaired) electrons. The second-order valence-electron chi connectivity index (χ2n) is 5.83. The molecule has 1 fully saturated rings. The van der Waals surface area contributed by atoms with Crippen molar-refractivity contribution in [2.24, 2.45) is 5.73 Å². The van der Waals surface area contributed by atoms with Crippen molar-refractivity contribution in [1.82, 2.24) is 15.1 Å². The van der Waals surface area contributed by atoms with E-state index in [0.717, 1.165) is 36.3 Å². The van der Waals surface area contributed by atoms with Crippen molar-refractivity contribution < 1.29 is 8.91 Å². The van der Waals surface area contributed by atoms with Gasteiger partial charge in [-0.3, -0.25) is 0 Å². The average Bonchev–Trinajstić information content (AvgIpc) is 3.28. The Morgan fingerprint density at radius 2 is 1.83 bits per heavy atom. The molecule has 0 bridgehead atoms. The van der Waals surface area contributed by atoms with Crippen LogP contribution < -0.4 is 5.73 Å². The molecule has 1 saturated carbocycles. The molecule has 2 N–H and O–H groups in total. The summed E-state index contributed by atoms with van der Waals surface area (Å²) in [6, 6.07) is 6.23. The molecule has 24 heavy (non-hydrogen) atoms. The standard InChI is InChI=1S/C16H15FN4OS.ClH/c17-11-5-3-10(4-6-11)14-19-12(9-23-14)13-20-15(21-22-13)16(18)7-1-2-8-16;/h3-6,9H,1-2,7-8,18H2;1H. The molecule has 5 nitrogen and oxygen atoms in total. The number of rotatable bonds is 3. The van der Waals surface area contributed by atoms with Gasteiger partial charge in [0.05, 0.1) is 5.54 Å². The van der Waals surface area contributed by atoms with Crippen LogP contribution in [0.2, 0.25) is 0 Å². The Hall–Kier alpha value is -1.83. The summed E-state index contributed by atoms with van der Waals surface area (Å²) in [5, 5.41) is 6.68. The van der Waals surface area contributed by atoms with Crippen molar-refractivity contribution >= 4 is 23.7 Å². The van der Waals surface area contributed by atoms with E-state index in [2.05, 4.69) is 15.1 Å². The zero-order valence-corrected chi connectivity index (χ0v) is 14.4. The van der Waals surface area contributed by atoms with Gasteiger partial charge >= 0.3 is 0 Å². The first kappa shape index (κ1) is 17.0. The fourth-order valence-electron chi connectivity index (χ4n) is 2.86. The third-order valence-corrected chi connectivity index (χ3v) is 5.07. The van der Waals surface area contributed by atoms with E-state index in [0.29, 0.717) is 17.4 Å². The van der Waals surface area contributed by atoms with Gasteiger partial charge in [-0.1, -0.05) is 18.0 Å². The summed E-state index contributed by atoms with van der Waals surface area (Å²) in [6.45, 7) is 0. The van der Waals surface area contributed by atoms with Crippen molar-refractivity contribution in [3.05, 3.63) is 41.3 Å². The zero-order chi connectivity index (χ0) is 15.9. The molecule has 0 saturated heterocycles. The van der Waals surface area contributed by atoms with Gasteiger partial charge in [0.15, 0.2) is 5.82 Å². The van der Waals surface area contributed by atoms with E-state index in [1.165, 1.54) is 23.5 Å². The Labute approximate surface area is 148 Å². The first-order chi connectivity index (χ1) is 11.1. The van der Waals surface area contributed by atoms with Crippen molar-refractivity contribution in [1.29, 1.82) is 0 Å². The predicted octanol–water partition coefficient (Wildman–Crippen LogP) is 4.15. The maximum atomic E-state index is 13.0. The molecular weight excluding hydrogens is 351 g/mol. The Balaban J connectivity index is 0.00000169. The molecule has 1 aliphatic carbocycles. The van der Waals surface area contributed by atoms with Crippen LogP contribution in [0.5, 0.6) is 0 Å². The second-order valence-corrected chi connectivity index (χ2v) is 6.69. The van der Waals surface area contributed by atoms with Gasteiger partial charge in [-0.15, -0.1) is 23.7 Å². The largest absolute Gasteiger partial charge is 0.332 e. The first-order valence-corrected chi connectivity index (χ1v) is 8.37. The number of hydrogen-bond donors (Lipinski definition) is 1. The van der Waals surface area contributed by atoms with E-state index in [-0.39, 0.29) is 18.2 Å². The van der Waals surface area contributed by atoms with Crippen molar-refractivity contribution in [3.8, 4) is 22.2 Å². The van der Waals surface area contributed by atoms with Crippen LogP contribution in [0.3, 0.4) is 0 Å². The zero-order valence-electron chi connectivity index (χ0n) is 12.7. The van der Waals surface area contributed by atoms with E-state index in [9.17, 15) is 4.39 Å². The number of nitrogens with zero attached hydrogens (tertiary/aromatic N) is 3. The highest BCUT2D eigenvalue weighted by Gasteiger charge is 2.36. The molecule has 0 amide bonds. The van der Waals surface area contributed by atoms with Crippen LogP contribution in [0.4, 0.5) is 4.39 Å². The Kier molecular flexibility index (Phi) is 4.67. The van der Waals surface area contributed by atoms with E-state index in [4.69, 9.17) is 10.3 Å². The Bertz CT molecular complexity index is 827. The number of hydrogen-bond acceptors (Lipinski definition) is 6. The first-order valence-electron chi connectivity index (χ1n) is 7.49. The quantitative estimate of drug-likeness (QED) is 0.753. The van der Waals surface area contributed by atoms with Crippen LogP contribution in [0.1, 0.15) is 31.5 Å². The second kappa shape index (κ2) is 6.58. The van der Waals surface area contributed by atoms with Gasteiger partial charge in [-0.2, -0.15) is 4.98 Å². The fraction of sp³-hybridized carbons (Fsp3) is 0.312. The lowest BCUT2D eigenvalue weighted by Gasteiger charge is -2.17. The van der Waals surface area contributed by atoms with Crippen LogP contribution in [0.15, 0.2) is 34.2 Å². The normalized spacial score (nSPS) is 16.1. The molecule has 8 heteroatoms. The molecule has 2 heterocycles. The van der Waals surface area contributed by atoms with Crippen LogP contribution in [-0.2, 0) is 5.54 Å². The number of aromatic nitrogens is 3. The van der Waals surface area contributed by atoms with Gasteiger partial charge in [-0.25, -0.2) is 9.37 Å². The summed E-state index contributed by atoms with van der Waals surface area (Å²) in [6.07, 6.45) is 3.94. The smallest absolute Gasteiger partial charge is 0.277 e. The lowest BCUT2D eigenvalue weighted by molar-refractivity contribution is 0.372. The maximum absolute atomic E-state index is 13.0. The molecule has 0 aliphatic heterocycles. The van der Waals surface area contributed by atoms with Gasteiger partial charge in [0, 0.05) is 10.9 Å². The highest BCUT2D eigenvalue weighted by molar-refractivity contribution is 7.13. The molecular formula is C16H16ClFN4OS. The van der Waals surface area contributed by atoms with Crippen molar-refractivity contribution in [2.45, 2.75) is 31.2 Å². The van der Waals surface area contributed by atoms with Gasteiger partial charge in [0.1, 0.15) is 16.5 Å². The van der Waals surface area contributed by atoms with Crippen LogP contribution in [-0.4, -0.2) is 15.1 Å². The molecule has 0 spiro atoms. The third-order valence-electron chi connectivity index (χ3n) is 4.18. The van der Waals surface area contributed by atoms with Crippen LogP contribution in [0, 0.1) is 5.82 Å². The number of benzene rings is 1. The molecule has 0 unspecified atom stereocenters. The number of nitrogens with two attached hydrogens (primary N) is 1. The monoisotopic (exact) mass is 366 g/mol. The topological polar surface area (TPSA) is 77.8 Å². The van der Waals surface area contributed by atoms with Crippen molar-refractivity contribution in [2.75, 3.05) is 0 Å². The van der Waals surface area contributed by atoms with Crippen LogP contribution >= 0.6 is 23.7 Å². The van der Waals surface area contributed by atoms with Gasteiger partial charge in [-0.05, 0) is 37.1 Å². The SMILES string of the molecule is Cl.NC1(c2noc(-c3csc(-c4ccc(F)cc4)n3)n2)CCCC1. The summed E-state index contributed by atoms with van der Waals surface area (Å²) in [4.78, 5) is 8.94.